The van der Waals surface area contributed by atoms with E-state index in [0.29, 0.717) is 18.7 Å². The van der Waals surface area contributed by atoms with Gasteiger partial charge < -0.3 is 15.5 Å². The van der Waals surface area contributed by atoms with Crippen LogP contribution in [-0.2, 0) is 32.6 Å². The molecule has 2 saturated carbocycles. The number of benzene rings is 1. The molecule has 2 N–H and O–H groups in total. The number of aromatic nitrogens is 1. The lowest BCUT2D eigenvalue weighted by Gasteiger charge is -2.58. The van der Waals surface area contributed by atoms with Gasteiger partial charge in [-0.25, -0.2) is 4.98 Å². The van der Waals surface area contributed by atoms with Crippen LogP contribution in [0.2, 0.25) is 0 Å². The number of piperazine rings is 1. The van der Waals surface area contributed by atoms with Gasteiger partial charge in [0.2, 0.25) is 17.7 Å². The number of fused-ring (bicyclic) bond motifs is 3. The van der Waals surface area contributed by atoms with Crippen molar-refractivity contribution in [3.8, 4) is 0 Å². The number of carbonyl (C=O) groups is 3. The first kappa shape index (κ1) is 35.2. The Bertz CT molecular complexity index is 1540. The first-order valence-electron chi connectivity index (χ1n) is 20.1. The molecular formula is C42H59N5O3. The van der Waals surface area contributed by atoms with Crippen molar-refractivity contribution < 1.29 is 14.4 Å². The summed E-state index contributed by atoms with van der Waals surface area (Å²) in [7, 11) is 0. The third-order valence-corrected chi connectivity index (χ3v) is 13.1. The molecule has 1 aromatic heterocycles. The van der Waals surface area contributed by atoms with E-state index in [1.165, 1.54) is 64.2 Å². The Labute approximate surface area is 299 Å². The summed E-state index contributed by atoms with van der Waals surface area (Å²) in [4.78, 5) is 51.1. The van der Waals surface area contributed by atoms with E-state index in [4.69, 9.17) is 0 Å². The molecule has 2 aromatic rings. The molecule has 8 heteroatoms. The fourth-order valence-corrected chi connectivity index (χ4v) is 10.3. The van der Waals surface area contributed by atoms with Crippen molar-refractivity contribution >= 4 is 29.2 Å². The van der Waals surface area contributed by atoms with E-state index >= 15 is 0 Å². The standard InChI is InChI=1S/C42H59N5O3/c1-2-3-4-5-6-7-8-11-16-26-46-31-40(21-12-9-10-13-22-40)47(39(50)42(46)23-14-15-24-42)30-36(48)44-34-20-19-32-28-41(29-33(32)27-34)35-18-17-25-43-37(35)45-38(41)49/h17-20,25,27H,2-16,21-24,26,28-31H2,1H3,(H,44,48)(H,43,45,49)/t41-/m1/s1. The minimum Gasteiger partial charge on any atom is -0.325 e. The van der Waals surface area contributed by atoms with Crippen molar-refractivity contribution in [2.45, 2.75) is 158 Å². The summed E-state index contributed by atoms with van der Waals surface area (Å²) in [6.45, 7) is 4.28. The highest BCUT2D eigenvalue weighted by Gasteiger charge is 2.58. The molecule has 5 aliphatic rings. The van der Waals surface area contributed by atoms with E-state index in [1.54, 1.807) is 6.20 Å². The molecule has 8 nitrogen and oxygen atoms in total. The number of carbonyl (C=O) groups excluding carboxylic acids is 3. The van der Waals surface area contributed by atoms with Gasteiger partial charge in [0.1, 0.15) is 17.9 Å². The topological polar surface area (TPSA) is 94.6 Å². The van der Waals surface area contributed by atoms with Crippen molar-refractivity contribution in [1.82, 2.24) is 14.8 Å². The number of pyridine rings is 1. The molecule has 0 unspecified atom stereocenters. The van der Waals surface area contributed by atoms with Crippen LogP contribution in [0.25, 0.3) is 0 Å². The van der Waals surface area contributed by atoms with Gasteiger partial charge in [-0.2, -0.15) is 0 Å². The van der Waals surface area contributed by atoms with Gasteiger partial charge in [-0.15, -0.1) is 0 Å². The number of nitrogens with one attached hydrogen (secondary N) is 2. The zero-order valence-electron chi connectivity index (χ0n) is 30.5. The lowest BCUT2D eigenvalue weighted by molar-refractivity contribution is -0.168. The number of rotatable bonds is 13. The maximum Gasteiger partial charge on any atom is 0.244 e. The third kappa shape index (κ3) is 6.73. The number of hydrogen-bond donors (Lipinski definition) is 2. The van der Waals surface area contributed by atoms with E-state index in [9.17, 15) is 14.4 Å². The van der Waals surface area contributed by atoms with Crippen LogP contribution in [0, 0.1) is 0 Å². The average Bonchev–Trinajstić information content (AvgIpc) is 3.77. The SMILES string of the molecule is CCCCCCCCCCCN1CC2(CCCCCC2)N(CC(=O)Nc2ccc3c(c2)C[C@@]2(C3)C(=O)Nc3ncccc32)C(=O)C12CCCC2. The monoisotopic (exact) mass is 681 g/mol. The van der Waals surface area contributed by atoms with E-state index < -0.39 is 11.0 Å². The van der Waals surface area contributed by atoms with Crippen molar-refractivity contribution in [3.63, 3.8) is 0 Å². The van der Waals surface area contributed by atoms with E-state index in [-0.39, 0.29) is 29.8 Å². The Kier molecular flexibility index (Phi) is 10.7. The van der Waals surface area contributed by atoms with Crippen molar-refractivity contribution in [1.29, 1.82) is 0 Å². The number of unbranched alkanes of at least 4 members (excludes halogenated alkanes) is 8. The lowest BCUT2D eigenvalue weighted by Crippen LogP contribution is -2.74. The normalized spacial score (nSPS) is 23.7. The number of nitrogens with zero attached hydrogens (tertiary/aromatic N) is 3. The Morgan fingerprint density at radius 3 is 2.26 bits per heavy atom. The Hall–Kier alpha value is -3.26. The summed E-state index contributed by atoms with van der Waals surface area (Å²) >= 11 is 0. The van der Waals surface area contributed by atoms with Gasteiger partial charge in [-0.05, 0) is 80.8 Å². The maximum absolute atomic E-state index is 14.9. The van der Waals surface area contributed by atoms with E-state index in [2.05, 4.69) is 38.4 Å². The third-order valence-electron chi connectivity index (χ3n) is 13.1. The summed E-state index contributed by atoms with van der Waals surface area (Å²) in [6, 6.07) is 9.94. The largest absolute Gasteiger partial charge is 0.325 e. The maximum atomic E-state index is 14.9. The van der Waals surface area contributed by atoms with Crippen molar-refractivity contribution in [3.05, 3.63) is 53.2 Å². The molecule has 0 radical (unpaired) electrons. The molecule has 3 amide bonds. The molecule has 2 aliphatic heterocycles. The van der Waals surface area contributed by atoms with Crippen LogP contribution in [0.4, 0.5) is 11.5 Å². The van der Waals surface area contributed by atoms with Crippen LogP contribution >= 0.6 is 0 Å². The van der Waals surface area contributed by atoms with E-state index in [1.807, 2.05) is 24.3 Å². The highest BCUT2D eigenvalue weighted by atomic mass is 16.2. The number of anilines is 2. The van der Waals surface area contributed by atoms with Gasteiger partial charge in [-0.1, -0.05) is 109 Å². The first-order valence-corrected chi connectivity index (χ1v) is 20.1. The van der Waals surface area contributed by atoms with Gasteiger partial charge in [-0.3, -0.25) is 19.3 Å². The molecule has 270 valence electrons. The summed E-state index contributed by atoms with van der Waals surface area (Å²) in [5.74, 6) is 0.746. The Morgan fingerprint density at radius 1 is 0.840 bits per heavy atom. The van der Waals surface area contributed by atoms with Gasteiger partial charge in [0.05, 0.1) is 11.0 Å². The van der Waals surface area contributed by atoms with Crippen LogP contribution in [0.1, 0.15) is 146 Å². The highest BCUT2D eigenvalue weighted by Crippen LogP contribution is 2.48. The molecule has 3 aliphatic carbocycles. The zero-order chi connectivity index (χ0) is 34.6. The molecule has 1 aromatic carbocycles. The second-order valence-electron chi connectivity index (χ2n) is 16.3. The first-order chi connectivity index (χ1) is 24.4. The summed E-state index contributed by atoms with van der Waals surface area (Å²) in [5, 5.41) is 6.17. The predicted molar refractivity (Wildman–Crippen MR) is 199 cm³/mol. The molecule has 3 fully saturated rings. The van der Waals surface area contributed by atoms with Crippen LogP contribution in [0.3, 0.4) is 0 Å². The van der Waals surface area contributed by atoms with Crippen molar-refractivity contribution in [2.24, 2.45) is 0 Å². The van der Waals surface area contributed by atoms with Crippen LogP contribution in [0.5, 0.6) is 0 Å². The number of amides is 3. The molecule has 50 heavy (non-hydrogen) atoms. The molecule has 1 saturated heterocycles. The minimum atomic E-state index is -0.642. The molecular weight excluding hydrogens is 622 g/mol. The van der Waals surface area contributed by atoms with Gasteiger partial charge in [0.25, 0.3) is 0 Å². The van der Waals surface area contributed by atoms with Crippen LogP contribution in [-0.4, -0.2) is 63.2 Å². The Balaban J connectivity index is 1.03. The number of hydrogen-bond acceptors (Lipinski definition) is 5. The second-order valence-corrected chi connectivity index (χ2v) is 16.3. The van der Waals surface area contributed by atoms with Gasteiger partial charge in [0, 0.05) is 24.0 Å². The predicted octanol–water partition coefficient (Wildman–Crippen LogP) is 8.09. The molecule has 7 rings (SSSR count). The molecule has 3 spiro atoms. The van der Waals surface area contributed by atoms with Crippen LogP contribution < -0.4 is 10.6 Å². The Morgan fingerprint density at radius 2 is 1.52 bits per heavy atom. The summed E-state index contributed by atoms with van der Waals surface area (Å²) < 4.78 is 0. The van der Waals surface area contributed by atoms with Gasteiger partial charge in [0.15, 0.2) is 0 Å². The molecule has 1 atom stereocenters. The average molecular weight is 682 g/mol. The van der Waals surface area contributed by atoms with Crippen LogP contribution in [0.15, 0.2) is 36.5 Å². The molecule has 3 heterocycles. The quantitative estimate of drug-likeness (QED) is 0.209. The van der Waals surface area contributed by atoms with E-state index in [0.717, 1.165) is 93.3 Å². The second kappa shape index (κ2) is 15.1. The lowest BCUT2D eigenvalue weighted by atomic mass is 9.78. The fourth-order valence-electron chi connectivity index (χ4n) is 10.3. The fraction of sp³-hybridized carbons (Fsp3) is 0.667. The molecule has 0 bridgehead atoms. The zero-order valence-corrected chi connectivity index (χ0v) is 30.5. The summed E-state index contributed by atoms with van der Waals surface area (Å²) in [5.41, 5.74) is 2.53. The van der Waals surface area contributed by atoms with Gasteiger partial charge >= 0.3 is 0 Å². The highest BCUT2D eigenvalue weighted by molar-refractivity contribution is 6.06. The minimum absolute atomic E-state index is 0.00187. The smallest absolute Gasteiger partial charge is 0.244 e. The van der Waals surface area contributed by atoms with Crippen molar-refractivity contribution in [2.75, 3.05) is 30.3 Å². The summed E-state index contributed by atoms with van der Waals surface area (Å²) in [6.07, 6.45) is 25.3.